The van der Waals surface area contributed by atoms with Crippen LogP contribution in [0.3, 0.4) is 0 Å². The molecule has 2 N–H and O–H groups in total. The fraction of sp³-hybridized carbons (Fsp3) is 0.833. The summed E-state index contributed by atoms with van der Waals surface area (Å²) in [6, 6.07) is 0. The van der Waals surface area contributed by atoms with E-state index in [1.54, 1.807) is 0 Å². The predicted octanol–water partition coefficient (Wildman–Crippen LogP) is -0.475. The second-order valence-corrected chi connectivity index (χ2v) is 1.74. The lowest BCUT2D eigenvalue weighted by atomic mass is 10.7. The van der Waals surface area contributed by atoms with Gasteiger partial charge in [0.1, 0.15) is 6.61 Å². The molecule has 0 atom stereocenters. The summed E-state index contributed by atoms with van der Waals surface area (Å²) in [5.41, 5.74) is 5.14. The molecule has 0 aromatic carbocycles. The zero-order valence-corrected chi connectivity index (χ0v) is 6.13. The lowest BCUT2D eigenvalue weighted by Crippen LogP contribution is -2.13. The minimum Gasteiger partial charge on any atom is -0.463 e. The average Bonchev–Trinajstić information content (AvgIpc) is 1.87. The van der Waals surface area contributed by atoms with Crippen molar-refractivity contribution in [2.75, 3.05) is 26.4 Å². The molecule has 0 rings (SSSR count). The summed E-state index contributed by atoms with van der Waals surface area (Å²) in [5, 5.41) is 0. The van der Waals surface area contributed by atoms with Crippen LogP contribution in [0.15, 0.2) is 0 Å². The Labute approximate surface area is 60.3 Å². The molecular weight excluding hydrogens is 134 g/mol. The number of hydrogen-bond donors (Lipinski definition) is 1. The smallest absolute Gasteiger partial charge is 0.302 e. The molecule has 0 spiro atoms. The summed E-state index contributed by atoms with van der Waals surface area (Å²) < 4.78 is 9.51. The van der Waals surface area contributed by atoms with Gasteiger partial charge in [-0.05, 0) is 0 Å². The number of esters is 1. The summed E-state index contributed by atoms with van der Waals surface area (Å²) in [7, 11) is 0. The Morgan fingerprint density at radius 2 is 2.10 bits per heavy atom. The quantitative estimate of drug-likeness (QED) is 0.421. The Morgan fingerprint density at radius 3 is 2.60 bits per heavy atom. The van der Waals surface area contributed by atoms with Crippen LogP contribution in [0, 0.1) is 0 Å². The SMILES string of the molecule is CC(=O)OCCOCCN. The van der Waals surface area contributed by atoms with E-state index in [1.807, 2.05) is 0 Å². The zero-order valence-electron chi connectivity index (χ0n) is 6.13. The van der Waals surface area contributed by atoms with Crippen molar-refractivity contribution in [3.05, 3.63) is 0 Å². The van der Waals surface area contributed by atoms with Crippen molar-refractivity contribution >= 4 is 5.97 Å². The molecule has 0 radical (unpaired) electrons. The van der Waals surface area contributed by atoms with Gasteiger partial charge in [-0.25, -0.2) is 0 Å². The topological polar surface area (TPSA) is 61.5 Å². The number of carbonyl (C=O) groups excluding carboxylic acids is 1. The highest BCUT2D eigenvalue weighted by Gasteiger charge is 1.90. The van der Waals surface area contributed by atoms with Gasteiger partial charge in [0.25, 0.3) is 0 Å². The van der Waals surface area contributed by atoms with Crippen molar-refractivity contribution in [1.29, 1.82) is 0 Å². The third-order valence-corrected chi connectivity index (χ3v) is 0.795. The van der Waals surface area contributed by atoms with Crippen LogP contribution in [-0.4, -0.2) is 32.3 Å². The molecular formula is C6H13NO3. The molecule has 0 aliphatic carbocycles. The lowest BCUT2D eigenvalue weighted by Gasteiger charge is -2.01. The second kappa shape index (κ2) is 6.51. The molecule has 0 aliphatic heterocycles. The van der Waals surface area contributed by atoms with Crippen molar-refractivity contribution in [3.8, 4) is 0 Å². The van der Waals surface area contributed by atoms with E-state index in [0.29, 0.717) is 26.4 Å². The predicted molar refractivity (Wildman–Crippen MR) is 36.5 cm³/mol. The number of rotatable bonds is 5. The molecule has 0 saturated heterocycles. The highest BCUT2D eigenvalue weighted by molar-refractivity contribution is 5.65. The Kier molecular flexibility index (Phi) is 6.11. The van der Waals surface area contributed by atoms with Crippen molar-refractivity contribution in [1.82, 2.24) is 0 Å². The Hall–Kier alpha value is -0.610. The van der Waals surface area contributed by atoms with Gasteiger partial charge in [0.05, 0.1) is 13.2 Å². The van der Waals surface area contributed by atoms with Crippen molar-refractivity contribution in [2.24, 2.45) is 5.73 Å². The first-order valence-electron chi connectivity index (χ1n) is 3.18. The van der Waals surface area contributed by atoms with Gasteiger partial charge in [-0.2, -0.15) is 0 Å². The average molecular weight is 147 g/mol. The molecule has 0 aromatic rings. The highest BCUT2D eigenvalue weighted by atomic mass is 16.6. The van der Waals surface area contributed by atoms with Crippen LogP contribution in [0.4, 0.5) is 0 Å². The van der Waals surface area contributed by atoms with E-state index in [0.717, 1.165) is 0 Å². The molecule has 4 nitrogen and oxygen atoms in total. The molecule has 0 unspecified atom stereocenters. The fourth-order valence-electron chi connectivity index (χ4n) is 0.430. The Morgan fingerprint density at radius 1 is 1.40 bits per heavy atom. The van der Waals surface area contributed by atoms with E-state index < -0.39 is 0 Å². The summed E-state index contributed by atoms with van der Waals surface area (Å²) in [6.45, 7) is 3.12. The first kappa shape index (κ1) is 9.39. The number of carbonyl (C=O) groups is 1. The molecule has 10 heavy (non-hydrogen) atoms. The van der Waals surface area contributed by atoms with E-state index in [2.05, 4.69) is 4.74 Å². The monoisotopic (exact) mass is 147 g/mol. The molecule has 0 heterocycles. The molecule has 4 heteroatoms. The van der Waals surface area contributed by atoms with Gasteiger partial charge in [0.15, 0.2) is 0 Å². The third kappa shape index (κ3) is 7.39. The van der Waals surface area contributed by atoms with Crippen molar-refractivity contribution in [2.45, 2.75) is 6.92 Å². The van der Waals surface area contributed by atoms with Crippen molar-refractivity contribution in [3.63, 3.8) is 0 Å². The van der Waals surface area contributed by atoms with Crippen LogP contribution in [0.2, 0.25) is 0 Å². The Bertz CT molecular complexity index is 95.0. The van der Waals surface area contributed by atoms with E-state index in [9.17, 15) is 4.79 Å². The Balaban J connectivity index is 2.84. The van der Waals surface area contributed by atoms with Crippen LogP contribution in [0.1, 0.15) is 6.92 Å². The van der Waals surface area contributed by atoms with Gasteiger partial charge in [0.2, 0.25) is 0 Å². The zero-order chi connectivity index (χ0) is 7.82. The molecule has 0 bridgehead atoms. The molecule has 0 aliphatic rings. The largest absolute Gasteiger partial charge is 0.463 e. The van der Waals surface area contributed by atoms with Crippen LogP contribution >= 0.6 is 0 Å². The maximum absolute atomic E-state index is 10.2. The van der Waals surface area contributed by atoms with Gasteiger partial charge in [-0.1, -0.05) is 0 Å². The lowest BCUT2D eigenvalue weighted by molar-refractivity contribution is -0.142. The minimum atomic E-state index is -0.281. The molecule has 0 fully saturated rings. The number of nitrogens with two attached hydrogens (primary N) is 1. The number of ether oxygens (including phenoxy) is 2. The fourth-order valence-corrected chi connectivity index (χ4v) is 0.430. The van der Waals surface area contributed by atoms with E-state index >= 15 is 0 Å². The summed E-state index contributed by atoms with van der Waals surface area (Å²) in [6.07, 6.45) is 0. The second-order valence-electron chi connectivity index (χ2n) is 1.74. The van der Waals surface area contributed by atoms with E-state index in [-0.39, 0.29) is 5.97 Å². The first-order chi connectivity index (χ1) is 4.77. The van der Waals surface area contributed by atoms with Gasteiger partial charge in [0, 0.05) is 13.5 Å². The van der Waals surface area contributed by atoms with Gasteiger partial charge >= 0.3 is 5.97 Å². The normalized spacial score (nSPS) is 9.40. The highest BCUT2D eigenvalue weighted by Crippen LogP contribution is 1.77. The summed E-state index contributed by atoms with van der Waals surface area (Å²) in [5.74, 6) is -0.281. The standard InChI is InChI=1S/C6H13NO3/c1-6(8)10-5-4-9-3-2-7/h2-5,7H2,1H3. The minimum absolute atomic E-state index is 0.281. The van der Waals surface area contributed by atoms with Crippen LogP contribution in [0.25, 0.3) is 0 Å². The molecule has 0 amide bonds. The number of hydrogen-bond acceptors (Lipinski definition) is 4. The van der Waals surface area contributed by atoms with Crippen LogP contribution in [-0.2, 0) is 14.3 Å². The van der Waals surface area contributed by atoms with Crippen molar-refractivity contribution < 1.29 is 14.3 Å². The van der Waals surface area contributed by atoms with E-state index in [4.69, 9.17) is 10.5 Å². The van der Waals surface area contributed by atoms with Crippen LogP contribution in [0.5, 0.6) is 0 Å². The maximum atomic E-state index is 10.2. The molecule has 0 aromatic heterocycles. The van der Waals surface area contributed by atoms with Gasteiger partial charge in [-0.3, -0.25) is 4.79 Å². The molecule has 0 saturated carbocycles. The third-order valence-electron chi connectivity index (χ3n) is 0.795. The van der Waals surface area contributed by atoms with Gasteiger partial charge in [-0.15, -0.1) is 0 Å². The maximum Gasteiger partial charge on any atom is 0.302 e. The van der Waals surface area contributed by atoms with Crippen LogP contribution < -0.4 is 5.73 Å². The van der Waals surface area contributed by atoms with E-state index in [1.165, 1.54) is 6.92 Å². The first-order valence-corrected chi connectivity index (χ1v) is 3.18. The molecule has 60 valence electrons. The summed E-state index contributed by atoms with van der Waals surface area (Å²) in [4.78, 5) is 10.2. The summed E-state index contributed by atoms with van der Waals surface area (Å²) >= 11 is 0. The van der Waals surface area contributed by atoms with Gasteiger partial charge < -0.3 is 15.2 Å².